The second-order valence-corrected chi connectivity index (χ2v) is 5.20. The summed E-state index contributed by atoms with van der Waals surface area (Å²) in [5.74, 6) is 0.414. The number of alkyl halides is 1. The maximum absolute atomic E-state index is 6.41. The van der Waals surface area contributed by atoms with Gasteiger partial charge < -0.3 is 0 Å². The zero-order valence-corrected chi connectivity index (χ0v) is 11.4. The molecular weight excluding hydrogens is 244 g/mol. The fourth-order valence-corrected chi connectivity index (χ4v) is 2.11. The standard InChI is InChI=1S/C15H17ClN2/c1-11(2)15-9-13(17-10-18-15)8-14(16)12-6-4-3-5-7-12/h3-7,9-11,14H,8H2,1-2H3. The van der Waals surface area contributed by atoms with Crippen molar-refractivity contribution in [3.8, 4) is 0 Å². The largest absolute Gasteiger partial charge is 0.241 e. The first-order valence-corrected chi connectivity index (χ1v) is 6.60. The monoisotopic (exact) mass is 260 g/mol. The number of halogens is 1. The van der Waals surface area contributed by atoms with E-state index in [4.69, 9.17) is 11.6 Å². The summed E-state index contributed by atoms with van der Waals surface area (Å²) in [5, 5.41) is -0.0406. The van der Waals surface area contributed by atoms with Crippen LogP contribution in [0.4, 0.5) is 0 Å². The van der Waals surface area contributed by atoms with Crippen LogP contribution in [0.15, 0.2) is 42.7 Å². The van der Waals surface area contributed by atoms with Gasteiger partial charge in [-0.15, -0.1) is 11.6 Å². The van der Waals surface area contributed by atoms with Crippen molar-refractivity contribution in [3.63, 3.8) is 0 Å². The topological polar surface area (TPSA) is 25.8 Å². The van der Waals surface area contributed by atoms with Crippen LogP contribution in [0, 0.1) is 0 Å². The quantitative estimate of drug-likeness (QED) is 0.773. The first kappa shape index (κ1) is 13.0. The number of hydrogen-bond donors (Lipinski definition) is 0. The summed E-state index contributed by atoms with van der Waals surface area (Å²) in [7, 11) is 0. The van der Waals surface area contributed by atoms with E-state index < -0.39 is 0 Å². The molecule has 1 heterocycles. The first-order chi connectivity index (χ1) is 8.66. The van der Waals surface area contributed by atoms with Crippen LogP contribution in [0.25, 0.3) is 0 Å². The molecule has 18 heavy (non-hydrogen) atoms. The van der Waals surface area contributed by atoms with Crippen LogP contribution in [-0.2, 0) is 6.42 Å². The van der Waals surface area contributed by atoms with Crippen LogP contribution in [0.5, 0.6) is 0 Å². The van der Waals surface area contributed by atoms with Gasteiger partial charge in [0, 0.05) is 17.8 Å². The number of nitrogens with zero attached hydrogens (tertiary/aromatic N) is 2. The number of aromatic nitrogens is 2. The molecule has 3 heteroatoms. The van der Waals surface area contributed by atoms with Crippen LogP contribution >= 0.6 is 11.6 Å². The van der Waals surface area contributed by atoms with Gasteiger partial charge in [-0.1, -0.05) is 44.2 Å². The van der Waals surface area contributed by atoms with Gasteiger partial charge in [-0.2, -0.15) is 0 Å². The zero-order chi connectivity index (χ0) is 13.0. The second-order valence-electron chi connectivity index (χ2n) is 4.67. The lowest BCUT2D eigenvalue weighted by atomic mass is 10.1. The van der Waals surface area contributed by atoms with Gasteiger partial charge >= 0.3 is 0 Å². The highest BCUT2D eigenvalue weighted by Gasteiger charge is 2.10. The molecule has 1 aromatic carbocycles. The molecule has 1 unspecified atom stereocenters. The maximum atomic E-state index is 6.41. The zero-order valence-electron chi connectivity index (χ0n) is 10.7. The van der Waals surface area contributed by atoms with Gasteiger partial charge in [-0.3, -0.25) is 0 Å². The molecule has 94 valence electrons. The fourth-order valence-electron chi connectivity index (χ4n) is 1.81. The summed E-state index contributed by atoms with van der Waals surface area (Å²) in [6.07, 6.45) is 2.35. The molecule has 2 rings (SSSR count). The molecule has 0 amide bonds. The molecule has 0 aliphatic rings. The van der Waals surface area contributed by atoms with Crippen molar-refractivity contribution in [2.75, 3.05) is 0 Å². The Balaban J connectivity index is 2.12. The Labute approximate surface area is 113 Å². The Hall–Kier alpha value is -1.41. The Morgan fingerprint density at radius 1 is 1.11 bits per heavy atom. The van der Waals surface area contributed by atoms with Gasteiger partial charge in [0.15, 0.2) is 0 Å². The normalized spacial score (nSPS) is 12.7. The first-order valence-electron chi connectivity index (χ1n) is 6.16. The average Bonchev–Trinajstić information content (AvgIpc) is 2.40. The number of benzene rings is 1. The van der Waals surface area contributed by atoms with E-state index in [1.54, 1.807) is 6.33 Å². The van der Waals surface area contributed by atoms with Crippen molar-refractivity contribution in [3.05, 3.63) is 59.7 Å². The average molecular weight is 261 g/mol. The van der Waals surface area contributed by atoms with Gasteiger partial charge in [-0.05, 0) is 17.5 Å². The highest BCUT2D eigenvalue weighted by Crippen LogP contribution is 2.24. The molecule has 0 saturated carbocycles. The minimum Gasteiger partial charge on any atom is -0.241 e. The maximum Gasteiger partial charge on any atom is 0.115 e. The van der Waals surface area contributed by atoms with Crippen molar-refractivity contribution in [1.29, 1.82) is 0 Å². The minimum absolute atomic E-state index is 0.0406. The molecule has 0 N–H and O–H groups in total. The van der Waals surface area contributed by atoms with Crippen LogP contribution in [-0.4, -0.2) is 9.97 Å². The lowest BCUT2D eigenvalue weighted by molar-refractivity contribution is 0.790. The fraction of sp³-hybridized carbons (Fsp3) is 0.333. The minimum atomic E-state index is -0.0406. The highest BCUT2D eigenvalue weighted by atomic mass is 35.5. The van der Waals surface area contributed by atoms with E-state index in [0.717, 1.165) is 23.4 Å². The summed E-state index contributed by atoms with van der Waals surface area (Å²) < 4.78 is 0. The van der Waals surface area contributed by atoms with E-state index in [0.29, 0.717) is 5.92 Å². The number of hydrogen-bond acceptors (Lipinski definition) is 2. The smallest absolute Gasteiger partial charge is 0.115 e. The lowest BCUT2D eigenvalue weighted by Gasteiger charge is -2.10. The van der Waals surface area contributed by atoms with Gasteiger partial charge in [0.05, 0.1) is 5.38 Å². The SMILES string of the molecule is CC(C)c1cc(CC(Cl)c2ccccc2)ncn1. The Kier molecular flexibility index (Phi) is 4.32. The van der Waals surface area contributed by atoms with Gasteiger partial charge in [-0.25, -0.2) is 9.97 Å². The summed E-state index contributed by atoms with van der Waals surface area (Å²) in [5.41, 5.74) is 3.19. The van der Waals surface area contributed by atoms with Crippen molar-refractivity contribution in [2.45, 2.75) is 31.6 Å². The van der Waals surface area contributed by atoms with Gasteiger partial charge in [0.2, 0.25) is 0 Å². The molecule has 0 bridgehead atoms. The third-order valence-corrected chi connectivity index (χ3v) is 3.29. The van der Waals surface area contributed by atoms with Crippen LogP contribution < -0.4 is 0 Å². The third-order valence-electron chi connectivity index (χ3n) is 2.89. The molecule has 2 aromatic rings. The highest BCUT2D eigenvalue weighted by molar-refractivity contribution is 6.20. The van der Waals surface area contributed by atoms with E-state index in [1.807, 2.05) is 36.4 Å². The van der Waals surface area contributed by atoms with Crippen molar-refractivity contribution >= 4 is 11.6 Å². The summed E-state index contributed by atoms with van der Waals surface area (Å²) in [6.45, 7) is 4.25. The van der Waals surface area contributed by atoms with Crippen molar-refractivity contribution in [1.82, 2.24) is 9.97 Å². The number of rotatable bonds is 4. The molecule has 0 saturated heterocycles. The summed E-state index contributed by atoms with van der Waals surface area (Å²) >= 11 is 6.41. The van der Waals surface area contributed by atoms with Crippen molar-refractivity contribution < 1.29 is 0 Å². The summed E-state index contributed by atoms with van der Waals surface area (Å²) in [4.78, 5) is 8.56. The Morgan fingerprint density at radius 2 is 1.83 bits per heavy atom. The van der Waals surface area contributed by atoms with Crippen LogP contribution in [0.2, 0.25) is 0 Å². The lowest BCUT2D eigenvalue weighted by Crippen LogP contribution is -2.01. The van der Waals surface area contributed by atoms with Gasteiger partial charge in [0.25, 0.3) is 0 Å². The summed E-state index contributed by atoms with van der Waals surface area (Å²) in [6, 6.07) is 12.1. The van der Waals surface area contributed by atoms with Crippen LogP contribution in [0.1, 0.15) is 42.1 Å². The van der Waals surface area contributed by atoms with Gasteiger partial charge in [0.1, 0.15) is 6.33 Å². The molecule has 1 atom stereocenters. The molecule has 2 nitrogen and oxygen atoms in total. The second kappa shape index (κ2) is 5.96. The van der Waals surface area contributed by atoms with E-state index in [2.05, 4.69) is 23.8 Å². The van der Waals surface area contributed by atoms with E-state index >= 15 is 0 Å². The molecule has 0 aliphatic carbocycles. The van der Waals surface area contributed by atoms with Crippen molar-refractivity contribution in [2.24, 2.45) is 0 Å². The predicted octanol–water partition coefficient (Wildman–Crippen LogP) is 4.12. The predicted molar refractivity (Wildman–Crippen MR) is 74.9 cm³/mol. The molecular formula is C15H17ClN2. The Morgan fingerprint density at radius 3 is 2.50 bits per heavy atom. The van der Waals surface area contributed by atoms with E-state index in [9.17, 15) is 0 Å². The van der Waals surface area contributed by atoms with E-state index in [-0.39, 0.29) is 5.38 Å². The molecule has 0 radical (unpaired) electrons. The molecule has 0 aliphatic heterocycles. The van der Waals surface area contributed by atoms with E-state index in [1.165, 1.54) is 0 Å². The third kappa shape index (κ3) is 3.30. The Bertz CT molecular complexity index is 497. The molecule has 0 fully saturated rings. The molecule has 0 spiro atoms. The van der Waals surface area contributed by atoms with Crippen LogP contribution in [0.3, 0.4) is 0 Å². The molecule has 1 aromatic heterocycles.